The van der Waals surface area contributed by atoms with Gasteiger partial charge in [-0.25, -0.2) is 17.6 Å². The Morgan fingerprint density at radius 2 is 1.88 bits per heavy atom. The molecule has 0 aromatic heterocycles. The normalized spacial score (nSPS) is 35.2. The third-order valence-corrected chi connectivity index (χ3v) is 6.78. The van der Waals surface area contributed by atoms with Crippen molar-refractivity contribution in [1.82, 2.24) is 9.32 Å². The van der Waals surface area contributed by atoms with E-state index in [1.807, 2.05) is 0 Å². The van der Waals surface area contributed by atoms with Crippen LogP contribution in [0.2, 0.25) is 0 Å². The first-order valence-electron chi connectivity index (χ1n) is 8.07. The van der Waals surface area contributed by atoms with Crippen LogP contribution in [0.5, 0.6) is 0 Å². The number of nitrogens with zero attached hydrogens (tertiary/aromatic N) is 2. The highest BCUT2D eigenvalue weighted by Crippen LogP contribution is 2.28. The second-order valence-electron chi connectivity index (χ2n) is 7.16. The van der Waals surface area contributed by atoms with E-state index in [-0.39, 0.29) is 18.8 Å². The van der Waals surface area contributed by atoms with Crippen LogP contribution in [0.15, 0.2) is 0 Å². The lowest BCUT2D eigenvalue weighted by atomic mass is 10.00. The minimum absolute atomic E-state index is 0.0600. The number of ether oxygens (including phenoxy) is 2. The molecule has 3 N–H and O–H groups in total. The molecule has 152 valence electrons. The Hall–Kier alpha value is -0.690. The van der Waals surface area contributed by atoms with E-state index in [1.54, 1.807) is 13.8 Å². The molecule has 0 bridgehead atoms. The van der Waals surface area contributed by atoms with E-state index in [9.17, 15) is 28.5 Å². The van der Waals surface area contributed by atoms with Gasteiger partial charge in [0.25, 0.3) is 0 Å². The van der Waals surface area contributed by atoms with Crippen molar-refractivity contribution in [2.24, 2.45) is 0 Å². The number of sulfone groups is 1. The molecule has 2 rings (SSSR count). The van der Waals surface area contributed by atoms with E-state index in [0.29, 0.717) is 0 Å². The zero-order valence-electron chi connectivity index (χ0n) is 14.8. The van der Waals surface area contributed by atoms with Gasteiger partial charge in [-0.2, -0.15) is 0 Å². The lowest BCUT2D eigenvalue weighted by Gasteiger charge is -2.39. The van der Waals surface area contributed by atoms with Crippen molar-refractivity contribution in [1.29, 1.82) is 0 Å². The molecule has 2 saturated heterocycles. The number of carbonyl (C=O) groups is 1. The molecule has 5 atom stereocenters. The van der Waals surface area contributed by atoms with Crippen molar-refractivity contribution >= 4 is 27.6 Å². The number of hydrogen-bond donors (Lipinski definition) is 3. The van der Waals surface area contributed by atoms with Gasteiger partial charge in [0.2, 0.25) is 0 Å². The molecule has 0 aromatic carbocycles. The molecule has 2 amide bonds. The van der Waals surface area contributed by atoms with E-state index in [2.05, 4.69) is 0 Å². The van der Waals surface area contributed by atoms with Crippen LogP contribution in [0, 0.1) is 0 Å². The number of carbonyl (C=O) groups excluding carboxylic acids is 1. The van der Waals surface area contributed by atoms with Crippen molar-refractivity contribution in [3.05, 3.63) is 0 Å². The molecule has 2 heterocycles. The van der Waals surface area contributed by atoms with E-state index < -0.39 is 57.9 Å². The van der Waals surface area contributed by atoms with Crippen LogP contribution >= 0.6 is 11.8 Å². The van der Waals surface area contributed by atoms with Crippen LogP contribution in [0.1, 0.15) is 13.8 Å². The third kappa shape index (κ3) is 4.41. The smallest absolute Gasteiger partial charge is 0.335 e. The zero-order chi connectivity index (χ0) is 19.9. The maximum absolute atomic E-state index is 12.4. The highest BCUT2D eigenvalue weighted by Gasteiger charge is 2.46. The first-order valence-corrected chi connectivity index (χ1v) is 10.2. The molecule has 0 saturated carbocycles. The molecule has 0 radical (unpaired) electrons. The van der Waals surface area contributed by atoms with E-state index in [4.69, 9.17) is 21.3 Å². The summed E-state index contributed by atoms with van der Waals surface area (Å²) < 4.78 is 35.9. The predicted molar refractivity (Wildman–Crippen MR) is 91.1 cm³/mol. The SMILES string of the molecule is CO[C@@H]1O[C@H](CS(=O)(=O)CCN2CC(C)(C)N(Cl)C2=O)[C@H](O)[C@H](O)[C@H]1O. The molecular formula is C14H25ClN2O8S. The first kappa shape index (κ1) is 21.6. The summed E-state index contributed by atoms with van der Waals surface area (Å²) in [6.45, 7) is 3.74. The minimum atomic E-state index is -3.74. The fourth-order valence-electron chi connectivity index (χ4n) is 2.99. The Bertz CT molecular complexity index is 628. The number of hydrogen-bond acceptors (Lipinski definition) is 8. The number of urea groups is 1. The largest absolute Gasteiger partial charge is 0.388 e. The van der Waals surface area contributed by atoms with Gasteiger partial charge in [0.1, 0.15) is 24.4 Å². The molecule has 26 heavy (non-hydrogen) atoms. The Labute approximate surface area is 157 Å². The quantitative estimate of drug-likeness (QED) is 0.446. The van der Waals surface area contributed by atoms with Crippen molar-refractivity contribution in [2.75, 3.05) is 31.7 Å². The lowest BCUT2D eigenvalue weighted by molar-refractivity contribution is -0.285. The van der Waals surface area contributed by atoms with Crippen LogP contribution in [0.25, 0.3) is 0 Å². The maximum atomic E-state index is 12.4. The van der Waals surface area contributed by atoms with Crippen molar-refractivity contribution < 1.29 is 38.0 Å². The Kier molecular flexibility index (Phi) is 6.43. The second-order valence-corrected chi connectivity index (χ2v) is 9.73. The maximum Gasteiger partial charge on any atom is 0.335 e. The molecule has 10 nitrogen and oxygen atoms in total. The van der Waals surface area contributed by atoms with E-state index in [1.165, 1.54) is 12.0 Å². The van der Waals surface area contributed by atoms with Crippen molar-refractivity contribution in [3.8, 4) is 0 Å². The van der Waals surface area contributed by atoms with Gasteiger partial charge >= 0.3 is 6.03 Å². The van der Waals surface area contributed by atoms with Gasteiger partial charge in [0.15, 0.2) is 16.1 Å². The molecule has 0 aromatic rings. The van der Waals surface area contributed by atoms with E-state index in [0.717, 1.165) is 4.42 Å². The summed E-state index contributed by atoms with van der Waals surface area (Å²) in [5.74, 6) is -0.948. The Morgan fingerprint density at radius 3 is 2.38 bits per heavy atom. The minimum Gasteiger partial charge on any atom is -0.388 e. The molecule has 2 fully saturated rings. The standard InChI is InChI=1S/C14H25ClN2O8S/c1-14(2)7-16(13(21)17(14)15)4-5-26(22,23)6-8-9(18)10(19)11(20)12(24-3)25-8/h8-12,18-20H,4-7H2,1-3H3/t8-,9+,10+,11-,12-/m1/s1. The average molecular weight is 417 g/mol. The summed E-state index contributed by atoms with van der Waals surface area (Å²) in [7, 11) is -2.52. The number of aliphatic hydroxyl groups is 3. The fraction of sp³-hybridized carbons (Fsp3) is 0.929. The van der Waals surface area contributed by atoms with Crippen LogP contribution in [-0.4, -0.2) is 107 Å². The summed E-state index contributed by atoms with van der Waals surface area (Å²) >= 11 is 5.91. The topological polar surface area (TPSA) is 137 Å². The van der Waals surface area contributed by atoms with E-state index >= 15 is 0 Å². The molecule has 0 unspecified atom stereocenters. The molecule has 0 spiro atoms. The number of amides is 2. The van der Waals surface area contributed by atoms with Gasteiger partial charge in [-0.05, 0) is 13.8 Å². The van der Waals surface area contributed by atoms with Gasteiger partial charge in [0.05, 0.1) is 17.0 Å². The van der Waals surface area contributed by atoms with Gasteiger partial charge in [0, 0.05) is 32.0 Å². The third-order valence-electron chi connectivity index (χ3n) is 4.54. The number of rotatable bonds is 6. The zero-order valence-corrected chi connectivity index (χ0v) is 16.4. The molecule has 2 aliphatic rings. The Balaban J connectivity index is 1.97. The summed E-state index contributed by atoms with van der Waals surface area (Å²) in [5, 5.41) is 29.5. The van der Waals surface area contributed by atoms with Crippen molar-refractivity contribution in [2.45, 2.75) is 50.1 Å². The van der Waals surface area contributed by atoms with Gasteiger partial charge in [-0.3, -0.25) is 0 Å². The summed E-state index contributed by atoms with van der Waals surface area (Å²) in [6.07, 6.45) is -7.19. The average Bonchev–Trinajstić information content (AvgIpc) is 2.76. The summed E-state index contributed by atoms with van der Waals surface area (Å²) in [4.78, 5) is 13.4. The van der Waals surface area contributed by atoms with Gasteiger partial charge in [-0.15, -0.1) is 0 Å². The summed E-state index contributed by atoms with van der Waals surface area (Å²) in [6, 6.07) is -0.473. The predicted octanol–water partition coefficient (Wildman–Crippen LogP) is -1.47. The molecule has 12 heteroatoms. The highest BCUT2D eigenvalue weighted by atomic mass is 35.5. The van der Waals surface area contributed by atoms with Crippen LogP contribution in [-0.2, 0) is 19.3 Å². The number of methoxy groups -OCH3 is 1. The monoisotopic (exact) mass is 416 g/mol. The highest BCUT2D eigenvalue weighted by molar-refractivity contribution is 7.91. The molecule has 0 aliphatic carbocycles. The lowest BCUT2D eigenvalue weighted by Crippen LogP contribution is -2.59. The van der Waals surface area contributed by atoms with Crippen LogP contribution < -0.4 is 0 Å². The second kappa shape index (κ2) is 7.74. The first-order chi connectivity index (χ1) is 11.9. The summed E-state index contributed by atoms with van der Waals surface area (Å²) in [5.41, 5.74) is -0.614. The number of halogens is 1. The fourth-order valence-corrected chi connectivity index (χ4v) is 4.59. The Morgan fingerprint density at radius 1 is 1.27 bits per heavy atom. The van der Waals surface area contributed by atoms with Gasteiger partial charge in [-0.1, -0.05) is 0 Å². The van der Waals surface area contributed by atoms with Crippen LogP contribution in [0.4, 0.5) is 4.79 Å². The molecular weight excluding hydrogens is 392 g/mol. The number of aliphatic hydroxyl groups excluding tert-OH is 3. The van der Waals surface area contributed by atoms with Crippen LogP contribution in [0.3, 0.4) is 0 Å². The van der Waals surface area contributed by atoms with Gasteiger partial charge < -0.3 is 29.7 Å². The van der Waals surface area contributed by atoms with Crippen molar-refractivity contribution in [3.63, 3.8) is 0 Å². The molecule has 2 aliphatic heterocycles.